The molecule has 0 spiro atoms. The van der Waals surface area contributed by atoms with E-state index in [0.717, 1.165) is 16.8 Å². The Hall–Kier alpha value is -2.18. The second-order valence-corrected chi connectivity index (χ2v) is 9.17. The van der Waals surface area contributed by atoms with Crippen molar-refractivity contribution in [1.29, 1.82) is 0 Å². The summed E-state index contributed by atoms with van der Waals surface area (Å²) in [7, 11) is -3.44. The van der Waals surface area contributed by atoms with Crippen LogP contribution in [0.4, 0.5) is 5.69 Å². The SMILES string of the molecule is Cc1ccc(NC(=O)CC2CCN(S(=O)(=O)c3ccccc3)CC2)c(C)c1. The number of sulfonamides is 1. The molecule has 1 aliphatic rings. The lowest BCUT2D eigenvalue weighted by atomic mass is 9.94. The number of hydrogen-bond acceptors (Lipinski definition) is 3. The molecule has 1 amide bonds. The number of amides is 1. The van der Waals surface area contributed by atoms with Gasteiger partial charge in [-0.3, -0.25) is 4.79 Å². The fraction of sp³-hybridized carbons (Fsp3) is 0.381. The topological polar surface area (TPSA) is 66.5 Å². The molecule has 1 N–H and O–H groups in total. The van der Waals surface area contributed by atoms with Crippen molar-refractivity contribution >= 4 is 21.6 Å². The molecule has 1 saturated heterocycles. The van der Waals surface area contributed by atoms with E-state index in [2.05, 4.69) is 5.32 Å². The summed E-state index contributed by atoms with van der Waals surface area (Å²) < 4.78 is 26.9. The van der Waals surface area contributed by atoms with Gasteiger partial charge in [-0.1, -0.05) is 35.9 Å². The highest BCUT2D eigenvalue weighted by Gasteiger charge is 2.30. The molecule has 0 aromatic heterocycles. The summed E-state index contributed by atoms with van der Waals surface area (Å²) in [4.78, 5) is 12.7. The van der Waals surface area contributed by atoms with Crippen molar-refractivity contribution in [2.24, 2.45) is 5.92 Å². The number of nitrogens with one attached hydrogen (secondary N) is 1. The summed E-state index contributed by atoms with van der Waals surface area (Å²) in [5, 5.41) is 2.98. The number of carbonyl (C=O) groups is 1. The zero-order valence-electron chi connectivity index (χ0n) is 15.8. The van der Waals surface area contributed by atoms with Crippen LogP contribution in [0.15, 0.2) is 53.4 Å². The average Bonchev–Trinajstić information content (AvgIpc) is 2.65. The Morgan fingerprint density at radius 1 is 1.07 bits per heavy atom. The molecule has 0 saturated carbocycles. The maximum absolute atomic E-state index is 12.7. The number of anilines is 1. The minimum Gasteiger partial charge on any atom is -0.326 e. The minimum atomic E-state index is -3.44. The highest BCUT2D eigenvalue weighted by atomic mass is 32.2. The highest BCUT2D eigenvalue weighted by molar-refractivity contribution is 7.89. The van der Waals surface area contributed by atoms with E-state index in [4.69, 9.17) is 0 Å². The van der Waals surface area contributed by atoms with E-state index in [1.165, 1.54) is 4.31 Å². The highest BCUT2D eigenvalue weighted by Crippen LogP contribution is 2.26. The molecule has 27 heavy (non-hydrogen) atoms. The summed E-state index contributed by atoms with van der Waals surface area (Å²) in [6.07, 6.45) is 1.82. The van der Waals surface area contributed by atoms with E-state index >= 15 is 0 Å². The number of rotatable bonds is 5. The first-order valence-electron chi connectivity index (χ1n) is 9.28. The van der Waals surface area contributed by atoms with Gasteiger partial charge in [-0.15, -0.1) is 0 Å². The predicted octanol–water partition coefficient (Wildman–Crippen LogP) is 3.73. The lowest BCUT2D eigenvalue weighted by Crippen LogP contribution is -2.39. The van der Waals surface area contributed by atoms with Gasteiger partial charge in [0.2, 0.25) is 15.9 Å². The number of carbonyl (C=O) groups excluding carboxylic acids is 1. The van der Waals surface area contributed by atoms with Crippen LogP contribution in [0, 0.1) is 19.8 Å². The van der Waals surface area contributed by atoms with E-state index in [-0.39, 0.29) is 11.8 Å². The van der Waals surface area contributed by atoms with Crippen molar-refractivity contribution in [2.45, 2.75) is 38.0 Å². The monoisotopic (exact) mass is 386 g/mol. The smallest absolute Gasteiger partial charge is 0.243 e. The van der Waals surface area contributed by atoms with E-state index in [1.54, 1.807) is 30.3 Å². The van der Waals surface area contributed by atoms with Crippen LogP contribution in [-0.2, 0) is 14.8 Å². The maximum atomic E-state index is 12.7. The summed E-state index contributed by atoms with van der Waals surface area (Å²) in [6.45, 7) is 4.92. The maximum Gasteiger partial charge on any atom is 0.243 e. The Bertz CT molecular complexity index is 902. The molecule has 1 aliphatic heterocycles. The number of piperidine rings is 1. The molecule has 6 heteroatoms. The molecule has 1 fully saturated rings. The zero-order chi connectivity index (χ0) is 19.4. The summed E-state index contributed by atoms with van der Waals surface area (Å²) in [5.41, 5.74) is 3.05. The quantitative estimate of drug-likeness (QED) is 0.851. The second kappa shape index (κ2) is 8.23. The van der Waals surface area contributed by atoms with Gasteiger partial charge in [-0.2, -0.15) is 4.31 Å². The molecule has 144 valence electrons. The first-order valence-corrected chi connectivity index (χ1v) is 10.7. The molecule has 0 atom stereocenters. The standard InChI is InChI=1S/C21H26N2O3S/c1-16-8-9-20(17(2)14-16)22-21(24)15-18-10-12-23(13-11-18)27(25,26)19-6-4-3-5-7-19/h3-9,14,18H,10-13,15H2,1-2H3,(H,22,24). The number of benzene rings is 2. The minimum absolute atomic E-state index is 0.00804. The van der Waals surface area contributed by atoms with Crippen LogP contribution >= 0.6 is 0 Å². The Balaban J connectivity index is 1.54. The first-order chi connectivity index (χ1) is 12.9. The lowest BCUT2D eigenvalue weighted by Gasteiger charge is -2.31. The molecular weight excluding hydrogens is 360 g/mol. The van der Waals surface area contributed by atoms with Gasteiger partial charge in [0, 0.05) is 25.2 Å². The number of nitrogens with zero attached hydrogens (tertiary/aromatic N) is 1. The molecule has 0 bridgehead atoms. The zero-order valence-corrected chi connectivity index (χ0v) is 16.6. The van der Waals surface area contributed by atoms with Gasteiger partial charge in [-0.25, -0.2) is 8.42 Å². The predicted molar refractivity (Wildman–Crippen MR) is 107 cm³/mol. The van der Waals surface area contributed by atoms with Crippen molar-refractivity contribution in [3.63, 3.8) is 0 Å². The third kappa shape index (κ3) is 4.76. The van der Waals surface area contributed by atoms with Crippen LogP contribution in [0.25, 0.3) is 0 Å². The van der Waals surface area contributed by atoms with Crippen molar-refractivity contribution in [3.8, 4) is 0 Å². The van der Waals surface area contributed by atoms with E-state index in [0.29, 0.717) is 37.2 Å². The van der Waals surface area contributed by atoms with Gasteiger partial charge in [0.15, 0.2) is 0 Å². The fourth-order valence-electron chi connectivity index (χ4n) is 3.51. The molecular formula is C21H26N2O3S. The molecule has 5 nitrogen and oxygen atoms in total. The Kier molecular flexibility index (Phi) is 5.97. The van der Waals surface area contributed by atoms with Gasteiger partial charge in [0.25, 0.3) is 0 Å². The number of hydrogen-bond donors (Lipinski definition) is 1. The van der Waals surface area contributed by atoms with E-state index < -0.39 is 10.0 Å². The van der Waals surface area contributed by atoms with Crippen LogP contribution < -0.4 is 5.32 Å². The second-order valence-electron chi connectivity index (χ2n) is 7.23. The Morgan fingerprint density at radius 2 is 1.74 bits per heavy atom. The molecule has 0 radical (unpaired) electrons. The summed E-state index contributed by atoms with van der Waals surface area (Å²) in [6, 6.07) is 14.5. The fourth-order valence-corrected chi connectivity index (χ4v) is 5.00. The third-order valence-electron chi connectivity index (χ3n) is 5.08. The Morgan fingerprint density at radius 3 is 2.37 bits per heavy atom. The average molecular weight is 387 g/mol. The van der Waals surface area contributed by atoms with Crippen LogP contribution in [0.3, 0.4) is 0 Å². The molecule has 0 aliphatic carbocycles. The van der Waals surface area contributed by atoms with Crippen LogP contribution in [0.1, 0.15) is 30.4 Å². The van der Waals surface area contributed by atoms with E-state index in [1.807, 2.05) is 32.0 Å². The van der Waals surface area contributed by atoms with Crippen molar-refractivity contribution < 1.29 is 13.2 Å². The van der Waals surface area contributed by atoms with Crippen molar-refractivity contribution in [3.05, 3.63) is 59.7 Å². The third-order valence-corrected chi connectivity index (χ3v) is 7.00. The largest absolute Gasteiger partial charge is 0.326 e. The molecule has 1 heterocycles. The molecule has 3 rings (SSSR count). The number of aryl methyl sites for hydroxylation is 2. The molecule has 2 aromatic carbocycles. The molecule has 0 unspecified atom stereocenters. The summed E-state index contributed by atoms with van der Waals surface area (Å²) in [5.74, 6) is 0.198. The van der Waals surface area contributed by atoms with E-state index in [9.17, 15) is 13.2 Å². The normalized spacial score (nSPS) is 16.2. The summed E-state index contributed by atoms with van der Waals surface area (Å²) >= 11 is 0. The van der Waals surface area contributed by atoms with Crippen LogP contribution in [0.5, 0.6) is 0 Å². The Labute approximate surface area is 161 Å². The van der Waals surface area contributed by atoms with Gasteiger partial charge in [-0.05, 0) is 56.4 Å². The van der Waals surface area contributed by atoms with Gasteiger partial charge in [0.05, 0.1) is 4.90 Å². The van der Waals surface area contributed by atoms with Crippen molar-refractivity contribution in [2.75, 3.05) is 18.4 Å². The van der Waals surface area contributed by atoms with Crippen molar-refractivity contribution in [1.82, 2.24) is 4.31 Å². The van der Waals surface area contributed by atoms with Gasteiger partial charge >= 0.3 is 0 Å². The van der Waals surface area contributed by atoms with Gasteiger partial charge < -0.3 is 5.32 Å². The van der Waals surface area contributed by atoms with Crippen LogP contribution in [-0.4, -0.2) is 31.7 Å². The van der Waals surface area contributed by atoms with Crippen LogP contribution in [0.2, 0.25) is 0 Å². The molecule has 2 aromatic rings. The lowest BCUT2D eigenvalue weighted by molar-refractivity contribution is -0.117. The van der Waals surface area contributed by atoms with Gasteiger partial charge in [0.1, 0.15) is 0 Å². The first kappa shape index (κ1) is 19.6.